The van der Waals surface area contributed by atoms with E-state index in [1.54, 1.807) is 6.07 Å². The van der Waals surface area contributed by atoms with Gasteiger partial charge in [0, 0.05) is 19.4 Å². The average Bonchev–Trinajstić information content (AvgIpc) is 2.70. The molecule has 2 aromatic rings. The summed E-state index contributed by atoms with van der Waals surface area (Å²) in [5, 5.41) is 16.4. The normalized spacial score (nSPS) is 17.4. The Labute approximate surface area is 130 Å². The van der Waals surface area contributed by atoms with Crippen molar-refractivity contribution < 1.29 is 9.90 Å². The number of nitrogens with one attached hydrogen (secondary N) is 2. The SMILES string of the molecule is CC(=O)Nc1cc2c(cc1O)C(c1ccccc1)CNCC2. The van der Waals surface area contributed by atoms with Crippen molar-refractivity contribution in [3.05, 3.63) is 59.2 Å². The monoisotopic (exact) mass is 296 g/mol. The zero-order chi connectivity index (χ0) is 15.5. The molecule has 0 fully saturated rings. The maximum atomic E-state index is 11.3. The highest BCUT2D eigenvalue weighted by molar-refractivity contribution is 5.90. The van der Waals surface area contributed by atoms with E-state index in [0.29, 0.717) is 5.69 Å². The van der Waals surface area contributed by atoms with E-state index in [9.17, 15) is 9.90 Å². The Morgan fingerprint density at radius 2 is 2.05 bits per heavy atom. The number of hydrogen-bond acceptors (Lipinski definition) is 3. The van der Waals surface area contributed by atoms with Crippen LogP contribution >= 0.6 is 0 Å². The van der Waals surface area contributed by atoms with Crippen molar-refractivity contribution in [1.29, 1.82) is 0 Å². The van der Waals surface area contributed by atoms with Crippen molar-refractivity contribution in [2.45, 2.75) is 19.3 Å². The van der Waals surface area contributed by atoms with Crippen LogP contribution in [0, 0.1) is 0 Å². The van der Waals surface area contributed by atoms with Gasteiger partial charge in [0.2, 0.25) is 5.91 Å². The molecule has 3 N–H and O–H groups in total. The fourth-order valence-electron chi connectivity index (χ4n) is 3.04. The smallest absolute Gasteiger partial charge is 0.221 e. The molecule has 2 aromatic carbocycles. The van der Waals surface area contributed by atoms with Gasteiger partial charge in [0.25, 0.3) is 0 Å². The standard InChI is InChI=1S/C18H20N2O2/c1-12(21)20-17-9-14-7-8-19-11-16(15(14)10-18(17)22)13-5-3-2-4-6-13/h2-6,9-10,16,19,22H,7-8,11H2,1H3,(H,20,21). The Kier molecular flexibility index (Phi) is 4.11. The van der Waals surface area contributed by atoms with Crippen LogP contribution in [0.5, 0.6) is 5.75 Å². The van der Waals surface area contributed by atoms with Gasteiger partial charge in [-0.25, -0.2) is 0 Å². The Morgan fingerprint density at radius 1 is 1.27 bits per heavy atom. The molecular weight excluding hydrogens is 276 g/mol. The van der Waals surface area contributed by atoms with Crippen LogP contribution in [-0.4, -0.2) is 24.1 Å². The molecule has 3 rings (SSSR count). The number of amides is 1. The minimum atomic E-state index is -0.179. The number of phenolic OH excluding ortho intramolecular Hbond substituents is 1. The second-order valence-corrected chi connectivity index (χ2v) is 5.67. The van der Waals surface area contributed by atoms with Crippen LogP contribution in [0.15, 0.2) is 42.5 Å². The second kappa shape index (κ2) is 6.20. The largest absolute Gasteiger partial charge is 0.506 e. The van der Waals surface area contributed by atoms with E-state index < -0.39 is 0 Å². The average molecular weight is 296 g/mol. The molecule has 4 heteroatoms. The van der Waals surface area contributed by atoms with E-state index in [1.165, 1.54) is 18.1 Å². The molecule has 114 valence electrons. The zero-order valence-electron chi connectivity index (χ0n) is 12.6. The molecule has 0 saturated carbocycles. The Balaban J connectivity index is 2.05. The number of fused-ring (bicyclic) bond motifs is 1. The minimum absolute atomic E-state index is 0.122. The van der Waals surface area contributed by atoms with Gasteiger partial charge in [-0.15, -0.1) is 0 Å². The van der Waals surface area contributed by atoms with Gasteiger partial charge >= 0.3 is 0 Å². The molecule has 1 aliphatic heterocycles. The second-order valence-electron chi connectivity index (χ2n) is 5.67. The maximum Gasteiger partial charge on any atom is 0.221 e. The summed E-state index contributed by atoms with van der Waals surface area (Å²) in [5.41, 5.74) is 4.01. The van der Waals surface area contributed by atoms with Crippen LogP contribution in [0.3, 0.4) is 0 Å². The summed E-state index contributed by atoms with van der Waals surface area (Å²) >= 11 is 0. The molecule has 1 atom stereocenters. The molecule has 1 amide bonds. The van der Waals surface area contributed by atoms with Crippen molar-refractivity contribution in [2.75, 3.05) is 18.4 Å². The summed E-state index contributed by atoms with van der Waals surface area (Å²) in [6, 6.07) is 14.0. The molecule has 0 aliphatic carbocycles. The van der Waals surface area contributed by atoms with E-state index in [4.69, 9.17) is 0 Å². The van der Waals surface area contributed by atoms with Gasteiger partial charge in [-0.1, -0.05) is 30.3 Å². The van der Waals surface area contributed by atoms with E-state index in [1.807, 2.05) is 24.3 Å². The van der Waals surface area contributed by atoms with Gasteiger partial charge in [-0.3, -0.25) is 4.79 Å². The first kappa shape index (κ1) is 14.6. The molecule has 0 bridgehead atoms. The number of anilines is 1. The fourth-order valence-corrected chi connectivity index (χ4v) is 3.04. The topological polar surface area (TPSA) is 61.4 Å². The lowest BCUT2D eigenvalue weighted by molar-refractivity contribution is -0.114. The van der Waals surface area contributed by atoms with Gasteiger partial charge in [0.1, 0.15) is 5.75 Å². The lowest BCUT2D eigenvalue weighted by Gasteiger charge is -2.19. The highest BCUT2D eigenvalue weighted by Crippen LogP contribution is 2.35. The van der Waals surface area contributed by atoms with Crippen LogP contribution in [0.25, 0.3) is 0 Å². The Hall–Kier alpha value is -2.33. The zero-order valence-corrected chi connectivity index (χ0v) is 12.6. The predicted molar refractivity (Wildman–Crippen MR) is 87.3 cm³/mol. The van der Waals surface area contributed by atoms with Gasteiger partial charge in [-0.05, 0) is 41.8 Å². The van der Waals surface area contributed by atoms with Crippen molar-refractivity contribution >= 4 is 11.6 Å². The summed E-state index contributed by atoms with van der Waals surface area (Å²) in [4.78, 5) is 11.3. The summed E-state index contributed by atoms with van der Waals surface area (Å²) in [5.74, 6) is 0.148. The third-order valence-electron chi connectivity index (χ3n) is 4.07. The third-order valence-corrected chi connectivity index (χ3v) is 4.07. The van der Waals surface area contributed by atoms with Gasteiger partial charge in [0.15, 0.2) is 0 Å². The molecule has 4 nitrogen and oxygen atoms in total. The van der Waals surface area contributed by atoms with Crippen molar-refractivity contribution in [1.82, 2.24) is 5.32 Å². The van der Waals surface area contributed by atoms with E-state index in [2.05, 4.69) is 22.8 Å². The molecule has 0 spiro atoms. The third kappa shape index (κ3) is 2.97. The minimum Gasteiger partial charge on any atom is -0.506 e. The highest BCUT2D eigenvalue weighted by atomic mass is 16.3. The molecule has 0 radical (unpaired) electrons. The molecule has 1 unspecified atom stereocenters. The number of rotatable bonds is 2. The van der Waals surface area contributed by atoms with Crippen molar-refractivity contribution in [3.63, 3.8) is 0 Å². The summed E-state index contributed by atoms with van der Waals surface area (Å²) in [6.07, 6.45) is 0.880. The summed E-state index contributed by atoms with van der Waals surface area (Å²) < 4.78 is 0. The van der Waals surface area contributed by atoms with Crippen LogP contribution in [0.1, 0.15) is 29.5 Å². The lowest BCUT2D eigenvalue weighted by Crippen LogP contribution is -2.20. The molecule has 22 heavy (non-hydrogen) atoms. The Morgan fingerprint density at radius 3 is 2.77 bits per heavy atom. The first-order chi connectivity index (χ1) is 10.6. The lowest BCUT2D eigenvalue weighted by atomic mass is 9.87. The number of carbonyl (C=O) groups excluding carboxylic acids is 1. The van der Waals surface area contributed by atoms with E-state index in [-0.39, 0.29) is 17.6 Å². The first-order valence-electron chi connectivity index (χ1n) is 7.54. The van der Waals surface area contributed by atoms with Crippen LogP contribution in [0.2, 0.25) is 0 Å². The molecule has 1 aliphatic rings. The summed E-state index contributed by atoms with van der Waals surface area (Å²) in [7, 11) is 0. The molecular formula is C18H20N2O2. The number of hydrogen-bond donors (Lipinski definition) is 3. The van der Waals surface area contributed by atoms with Gasteiger partial charge in [-0.2, -0.15) is 0 Å². The van der Waals surface area contributed by atoms with Crippen LogP contribution in [0.4, 0.5) is 5.69 Å². The van der Waals surface area contributed by atoms with Crippen molar-refractivity contribution in [2.24, 2.45) is 0 Å². The predicted octanol–water partition coefficient (Wildman–Crippen LogP) is 2.63. The number of aromatic hydroxyl groups is 1. The molecule has 0 saturated heterocycles. The Bertz CT molecular complexity index is 683. The summed E-state index contributed by atoms with van der Waals surface area (Å²) in [6.45, 7) is 3.18. The number of carbonyl (C=O) groups is 1. The fraction of sp³-hybridized carbons (Fsp3) is 0.278. The highest BCUT2D eigenvalue weighted by Gasteiger charge is 2.22. The quantitative estimate of drug-likeness (QED) is 0.747. The van der Waals surface area contributed by atoms with E-state index >= 15 is 0 Å². The maximum absolute atomic E-state index is 11.3. The number of phenols is 1. The van der Waals surface area contributed by atoms with Crippen LogP contribution in [-0.2, 0) is 11.2 Å². The van der Waals surface area contributed by atoms with Gasteiger partial charge < -0.3 is 15.7 Å². The molecule has 0 aromatic heterocycles. The number of benzene rings is 2. The molecule has 1 heterocycles. The van der Waals surface area contributed by atoms with Gasteiger partial charge in [0.05, 0.1) is 5.69 Å². The van der Waals surface area contributed by atoms with E-state index in [0.717, 1.165) is 25.1 Å². The van der Waals surface area contributed by atoms with Crippen molar-refractivity contribution in [3.8, 4) is 5.75 Å². The van der Waals surface area contributed by atoms with Crippen LogP contribution < -0.4 is 10.6 Å². The first-order valence-corrected chi connectivity index (χ1v) is 7.54.